The van der Waals surface area contributed by atoms with Gasteiger partial charge in [0.1, 0.15) is 0 Å². The Bertz CT molecular complexity index is 221. The third kappa shape index (κ3) is 3.33. The van der Waals surface area contributed by atoms with Crippen LogP contribution in [0.5, 0.6) is 0 Å². The molecule has 0 aromatic rings. The molecule has 1 heterocycles. The second-order valence-corrected chi connectivity index (χ2v) is 5.20. The fourth-order valence-electron chi connectivity index (χ4n) is 2.87. The molecular formula is C14H25NO. The summed E-state index contributed by atoms with van der Waals surface area (Å²) in [7, 11) is 0. The van der Waals surface area contributed by atoms with Crippen LogP contribution in [0, 0.1) is 11.8 Å². The van der Waals surface area contributed by atoms with E-state index in [1.54, 1.807) is 0 Å². The Morgan fingerprint density at radius 1 is 1.38 bits per heavy atom. The highest BCUT2D eigenvalue weighted by molar-refractivity contribution is 4.91. The SMILES string of the molecule is CCC(NCC1CC=CCC1)C1CCOC1. The van der Waals surface area contributed by atoms with Crippen molar-refractivity contribution >= 4 is 0 Å². The molecule has 1 saturated heterocycles. The van der Waals surface area contributed by atoms with Crippen molar-refractivity contribution in [3.8, 4) is 0 Å². The van der Waals surface area contributed by atoms with Gasteiger partial charge in [0.15, 0.2) is 0 Å². The molecule has 1 aliphatic heterocycles. The largest absolute Gasteiger partial charge is 0.381 e. The van der Waals surface area contributed by atoms with E-state index in [-0.39, 0.29) is 0 Å². The van der Waals surface area contributed by atoms with E-state index in [1.165, 1.54) is 38.6 Å². The van der Waals surface area contributed by atoms with Crippen molar-refractivity contribution in [3.05, 3.63) is 12.2 Å². The molecule has 0 amide bonds. The molecule has 3 atom stereocenters. The number of allylic oxidation sites excluding steroid dienone is 2. The predicted molar refractivity (Wildman–Crippen MR) is 67.5 cm³/mol. The van der Waals surface area contributed by atoms with Gasteiger partial charge < -0.3 is 10.1 Å². The zero-order valence-electron chi connectivity index (χ0n) is 10.5. The molecule has 2 rings (SSSR count). The zero-order valence-corrected chi connectivity index (χ0v) is 10.5. The average molecular weight is 223 g/mol. The van der Waals surface area contributed by atoms with Gasteiger partial charge in [0.05, 0.1) is 6.61 Å². The Hall–Kier alpha value is -0.340. The van der Waals surface area contributed by atoms with E-state index in [0.717, 1.165) is 25.0 Å². The van der Waals surface area contributed by atoms with Gasteiger partial charge in [-0.25, -0.2) is 0 Å². The molecule has 1 aliphatic carbocycles. The average Bonchev–Trinajstić information content (AvgIpc) is 2.85. The number of nitrogens with one attached hydrogen (secondary N) is 1. The summed E-state index contributed by atoms with van der Waals surface area (Å²) in [6.45, 7) is 5.42. The molecule has 16 heavy (non-hydrogen) atoms. The van der Waals surface area contributed by atoms with Crippen LogP contribution in [0.1, 0.15) is 39.0 Å². The molecule has 0 spiro atoms. The molecular weight excluding hydrogens is 198 g/mol. The molecule has 0 aromatic carbocycles. The molecule has 1 N–H and O–H groups in total. The first-order valence-electron chi connectivity index (χ1n) is 6.86. The van der Waals surface area contributed by atoms with Gasteiger partial charge in [-0.05, 0) is 50.5 Å². The smallest absolute Gasteiger partial charge is 0.0509 e. The van der Waals surface area contributed by atoms with Gasteiger partial charge in [0.2, 0.25) is 0 Å². The van der Waals surface area contributed by atoms with Crippen LogP contribution in [0.4, 0.5) is 0 Å². The Labute approximate surface area is 99.4 Å². The van der Waals surface area contributed by atoms with Gasteiger partial charge >= 0.3 is 0 Å². The lowest BCUT2D eigenvalue weighted by atomic mass is 9.92. The quantitative estimate of drug-likeness (QED) is 0.724. The highest BCUT2D eigenvalue weighted by Gasteiger charge is 2.24. The van der Waals surface area contributed by atoms with Crippen LogP contribution in [-0.2, 0) is 4.74 Å². The first-order valence-corrected chi connectivity index (χ1v) is 6.86. The van der Waals surface area contributed by atoms with E-state index in [4.69, 9.17) is 4.74 Å². The summed E-state index contributed by atoms with van der Waals surface area (Å²) in [5.41, 5.74) is 0. The van der Waals surface area contributed by atoms with Crippen molar-refractivity contribution in [2.45, 2.75) is 45.1 Å². The van der Waals surface area contributed by atoms with Crippen LogP contribution < -0.4 is 5.32 Å². The molecule has 0 aromatic heterocycles. The normalized spacial score (nSPS) is 31.8. The minimum Gasteiger partial charge on any atom is -0.381 e. The van der Waals surface area contributed by atoms with Gasteiger partial charge in [0, 0.05) is 12.6 Å². The Morgan fingerprint density at radius 2 is 2.31 bits per heavy atom. The molecule has 2 aliphatic rings. The minimum atomic E-state index is 0.674. The van der Waals surface area contributed by atoms with Crippen LogP contribution in [0.25, 0.3) is 0 Å². The maximum atomic E-state index is 5.48. The van der Waals surface area contributed by atoms with Crippen LogP contribution in [-0.4, -0.2) is 25.8 Å². The fourth-order valence-corrected chi connectivity index (χ4v) is 2.87. The molecule has 2 heteroatoms. The molecule has 0 bridgehead atoms. The van der Waals surface area contributed by atoms with Crippen molar-refractivity contribution in [1.29, 1.82) is 0 Å². The standard InChI is InChI=1S/C14H25NO/c1-2-14(13-8-9-16-11-13)15-10-12-6-4-3-5-7-12/h3-4,12-15H,2,5-11H2,1H3. The molecule has 92 valence electrons. The lowest BCUT2D eigenvalue weighted by Gasteiger charge is -2.26. The molecule has 0 radical (unpaired) electrons. The van der Waals surface area contributed by atoms with Gasteiger partial charge in [-0.2, -0.15) is 0 Å². The maximum absolute atomic E-state index is 5.48. The highest BCUT2D eigenvalue weighted by atomic mass is 16.5. The number of hydrogen-bond acceptors (Lipinski definition) is 2. The first kappa shape index (κ1) is 12.1. The minimum absolute atomic E-state index is 0.674. The lowest BCUT2D eigenvalue weighted by molar-refractivity contribution is 0.174. The second kappa shape index (κ2) is 6.41. The van der Waals surface area contributed by atoms with E-state index < -0.39 is 0 Å². The third-order valence-corrected chi connectivity index (χ3v) is 4.02. The molecule has 1 fully saturated rings. The lowest BCUT2D eigenvalue weighted by Crippen LogP contribution is -2.39. The van der Waals surface area contributed by atoms with E-state index in [2.05, 4.69) is 24.4 Å². The molecule has 3 unspecified atom stereocenters. The summed E-state index contributed by atoms with van der Waals surface area (Å²) in [6, 6.07) is 0.674. The first-order chi connectivity index (χ1) is 7.90. The summed E-state index contributed by atoms with van der Waals surface area (Å²) in [4.78, 5) is 0. The van der Waals surface area contributed by atoms with Crippen molar-refractivity contribution in [2.75, 3.05) is 19.8 Å². The highest BCUT2D eigenvalue weighted by Crippen LogP contribution is 2.21. The van der Waals surface area contributed by atoms with E-state index in [0.29, 0.717) is 6.04 Å². The van der Waals surface area contributed by atoms with Crippen molar-refractivity contribution in [1.82, 2.24) is 5.32 Å². The van der Waals surface area contributed by atoms with Crippen LogP contribution in [0.3, 0.4) is 0 Å². The summed E-state index contributed by atoms with van der Waals surface area (Å²) >= 11 is 0. The fraction of sp³-hybridized carbons (Fsp3) is 0.857. The van der Waals surface area contributed by atoms with Crippen LogP contribution in [0.2, 0.25) is 0 Å². The van der Waals surface area contributed by atoms with E-state index >= 15 is 0 Å². The number of ether oxygens (including phenoxy) is 1. The van der Waals surface area contributed by atoms with E-state index in [1.807, 2.05) is 0 Å². The molecule has 2 nitrogen and oxygen atoms in total. The summed E-state index contributed by atoms with van der Waals surface area (Å²) in [5, 5.41) is 3.77. The van der Waals surface area contributed by atoms with Gasteiger partial charge in [0.25, 0.3) is 0 Å². The second-order valence-electron chi connectivity index (χ2n) is 5.20. The third-order valence-electron chi connectivity index (χ3n) is 4.02. The number of hydrogen-bond donors (Lipinski definition) is 1. The van der Waals surface area contributed by atoms with Crippen LogP contribution in [0.15, 0.2) is 12.2 Å². The zero-order chi connectivity index (χ0) is 11.2. The van der Waals surface area contributed by atoms with Crippen molar-refractivity contribution in [3.63, 3.8) is 0 Å². The number of rotatable bonds is 5. The monoisotopic (exact) mass is 223 g/mol. The Morgan fingerprint density at radius 3 is 2.94 bits per heavy atom. The van der Waals surface area contributed by atoms with Gasteiger partial charge in [-0.3, -0.25) is 0 Å². The van der Waals surface area contributed by atoms with Crippen molar-refractivity contribution in [2.24, 2.45) is 11.8 Å². The predicted octanol–water partition coefficient (Wildman–Crippen LogP) is 2.75. The topological polar surface area (TPSA) is 21.3 Å². The summed E-state index contributed by atoms with van der Waals surface area (Å²) in [6.07, 6.45) is 11.0. The molecule has 0 saturated carbocycles. The van der Waals surface area contributed by atoms with E-state index in [9.17, 15) is 0 Å². The van der Waals surface area contributed by atoms with Crippen molar-refractivity contribution < 1.29 is 4.74 Å². The maximum Gasteiger partial charge on any atom is 0.0509 e. The Kier molecular flexibility index (Phi) is 4.86. The summed E-state index contributed by atoms with van der Waals surface area (Å²) < 4.78 is 5.48. The van der Waals surface area contributed by atoms with Gasteiger partial charge in [-0.15, -0.1) is 0 Å². The van der Waals surface area contributed by atoms with Crippen LogP contribution >= 0.6 is 0 Å². The Balaban J connectivity index is 1.71. The summed E-state index contributed by atoms with van der Waals surface area (Å²) in [5.74, 6) is 1.62. The van der Waals surface area contributed by atoms with Gasteiger partial charge in [-0.1, -0.05) is 19.1 Å².